The molecule has 2 saturated heterocycles. The normalized spacial score (nSPS) is 26.6. The van der Waals surface area contributed by atoms with Crippen molar-refractivity contribution in [1.82, 2.24) is 15.1 Å². The molecule has 16 heavy (non-hydrogen) atoms. The minimum atomic E-state index is -0.212. The number of ether oxygens (including phenoxy) is 1. The predicted octanol–water partition coefficient (Wildman–Crippen LogP) is -1.72. The van der Waals surface area contributed by atoms with Gasteiger partial charge in [0, 0.05) is 32.7 Å². The number of nitrogens with zero attached hydrogens (tertiary/aromatic N) is 2. The highest BCUT2D eigenvalue weighted by Gasteiger charge is 2.28. The minimum absolute atomic E-state index is 0.0882. The second kappa shape index (κ2) is 5.27. The van der Waals surface area contributed by atoms with Gasteiger partial charge in [0.05, 0.1) is 13.2 Å². The van der Waals surface area contributed by atoms with E-state index in [1.54, 1.807) is 9.80 Å². The van der Waals surface area contributed by atoms with Crippen molar-refractivity contribution < 1.29 is 14.3 Å². The molecule has 90 valence electrons. The van der Waals surface area contributed by atoms with Crippen LogP contribution in [0.25, 0.3) is 0 Å². The minimum Gasteiger partial charge on any atom is -0.378 e. The highest BCUT2D eigenvalue weighted by atomic mass is 16.5. The second-order valence-corrected chi connectivity index (χ2v) is 4.05. The van der Waals surface area contributed by atoms with Gasteiger partial charge in [0.2, 0.25) is 12.3 Å². The van der Waals surface area contributed by atoms with Crippen LogP contribution in [-0.4, -0.2) is 74.1 Å². The van der Waals surface area contributed by atoms with Crippen LogP contribution in [0.15, 0.2) is 0 Å². The zero-order valence-electron chi connectivity index (χ0n) is 9.22. The molecule has 6 heteroatoms. The number of amides is 2. The number of piperazine rings is 1. The van der Waals surface area contributed by atoms with Crippen molar-refractivity contribution in [2.75, 3.05) is 45.9 Å². The van der Waals surface area contributed by atoms with Gasteiger partial charge in [0.1, 0.15) is 6.04 Å². The fourth-order valence-corrected chi connectivity index (χ4v) is 1.99. The Hall–Kier alpha value is -1.14. The molecule has 0 radical (unpaired) electrons. The van der Waals surface area contributed by atoms with E-state index >= 15 is 0 Å². The average molecular weight is 227 g/mol. The summed E-state index contributed by atoms with van der Waals surface area (Å²) in [7, 11) is 0. The summed E-state index contributed by atoms with van der Waals surface area (Å²) in [4.78, 5) is 26.0. The number of carbonyl (C=O) groups is 2. The van der Waals surface area contributed by atoms with Crippen LogP contribution in [0.4, 0.5) is 0 Å². The van der Waals surface area contributed by atoms with Crippen LogP contribution in [-0.2, 0) is 14.3 Å². The van der Waals surface area contributed by atoms with Gasteiger partial charge in [0.15, 0.2) is 0 Å². The lowest BCUT2D eigenvalue weighted by Gasteiger charge is -2.35. The summed E-state index contributed by atoms with van der Waals surface area (Å²) < 4.78 is 5.26. The highest BCUT2D eigenvalue weighted by Crippen LogP contribution is 2.04. The zero-order valence-corrected chi connectivity index (χ0v) is 9.22. The van der Waals surface area contributed by atoms with Crippen molar-refractivity contribution in [3.8, 4) is 0 Å². The Balaban J connectivity index is 1.83. The van der Waals surface area contributed by atoms with Crippen LogP contribution in [0, 0.1) is 0 Å². The number of hydrogen-bond acceptors (Lipinski definition) is 4. The number of carbonyl (C=O) groups excluding carboxylic acids is 2. The van der Waals surface area contributed by atoms with Crippen molar-refractivity contribution >= 4 is 12.3 Å². The molecule has 0 bridgehead atoms. The summed E-state index contributed by atoms with van der Waals surface area (Å²) >= 11 is 0. The SMILES string of the molecule is O=CN1CCN(C(=O)[C@@H]2COCCN2)CC1. The molecular formula is C10H17N3O3. The molecule has 2 heterocycles. The molecule has 6 nitrogen and oxygen atoms in total. The van der Waals surface area contributed by atoms with Gasteiger partial charge < -0.3 is 19.9 Å². The van der Waals surface area contributed by atoms with Gasteiger partial charge in [0.25, 0.3) is 0 Å². The first-order valence-corrected chi connectivity index (χ1v) is 5.60. The van der Waals surface area contributed by atoms with E-state index in [0.29, 0.717) is 39.4 Å². The molecular weight excluding hydrogens is 210 g/mol. The first-order chi connectivity index (χ1) is 7.81. The van der Waals surface area contributed by atoms with Gasteiger partial charge in [-0.25, -0.2) is 0 Å². The Morgan fingerprint density at radius 3 is 2.62 bits per heavy atom. The summed E-state index contributed by atoms with van der Waals surface area (Å²) in [5, 5.41) is 3.14. The Bertz CT molecular complexity index is 258. The van der Waals surface area contributed by atoms with Crippen molar-refractivity contribution in [2.24, 2.45) is 0 Å². The Morgan fingerprint density at radius 1 is 1.31 bits per heavy atom. The number of rotatable bonds is 2. The van der Waals surface area contributed by atoms with Crippen LogP contribution >= 0.6 is 0 Å². The van der Waals surface area contributed by atoms with Crippen LogP contribution in [0.2, 0.25) is 0 Å². The highest BCUT2D eigenvalue weighted by molar-refractivity contribution is 5.82. The third kappa shape index (κ3) is 2.51. The predicted molar refractivity (Wildman–Crippen MR) is 56.8 cm³/mol. The summed E-state index contributed by atoms with van der Waals surface area (Å²) in [6.45, 7) is 4.34. The maximum Gasteiger partial charge on any atom is 0.242 e. The van der Waals surface area contributed by atoms with E-state index in [9.17, 15) is 9.59 Å². The Labute approximate surface area is 94.5 Å². The van der Waals surface area contributed by atoms with Crippen molar-refractivity contribution in [2.45, 2.75) is 6.04 Å². The molecule has 2 fully saturated rings. The first-order valence-electron chi connectivity index (χ1n) is 5.60. The second-order valence-electron chi connectivity index (χ2n) is 4.05. The molecule has 2 aliphatic rings. The summed E-state index contributed by atoms with van der Waals surface area (Å²) in [6, 6.07) is -0.212. The lowest BCUT2D eigenvalue weighted by molar-refractivity contribution is -0.139. The maximum absolute atomic E-state index is 12.0. The quantitative estimate of drug-likeness (QED) is 0.570. The van der Waals surface area contributed by atoms with Crippen molar-refractivity contribution in [3.05, 3.63) is 0 Å². The Kier molecular flexibility index (Phi) is 3.74. The molecule has 0 aliphatic carbocycles. The lowest BCUT2D eigenvalue weighted by atomic mass is 10.2. The molecule has 1 atom stereocenters. The van der Waals surface area contributed by atoms with Crippen LogP contribution in [0.5, 0.6) is 0 Å². The maximum atomic E-state index is 12.0. The van der Waals surface area contributed by atoms with E-state index in [-0.39, 0.29) is 11.9 Å². The van der Waals surface area contributed by atoms with Crippen LogP contribution < -0.4 is 5.32 Å². The molecule has 2 rings (SSSR count). The molecule has 0 unspecified atom stereocenters. The monoisotopic (exact) mass is 227 g/mol. The lowest BCUT2D eigenvalue weighted by Crippen LogP contribution is -2.56. The van der Waals surface area contributed by atoms with Gasteiger partial charge in [-0.2, -0.15) is 0 Å². The van der Waals surface area contributed by atoms with Gasteiger partial charge in [-0.05, 0) is 0 Å². The van der Waals surface area contributed by atoms with E-state index < -0.39 is 0 Å². The van der Waals surface area contributed by atoms with E-state index in [1.807, 2.05) is 0 Å². The van der Waals surface area contributed by atoms with Gasteiger partial charge in [-0.1, -0.05) is 0 Å². The van der Waals surface area contributed by atoms with Crippen LogP contribution in [0.1, 0.15) is 0 Å². The molecule has 2 amide bonds. The third-order valence-corrected chi connectivity index (χ3v) is 2.99. The van der Waals surface area contributed by atoms with Crippen LogP contribution in [0.3, 0.4) is 0 Å². The van der Waals surface area contributed by atoms with E-state index in [0.717, 1.165) is 13.0 Å². The number of nitrogens with one attached hydrogen (secondary N) is 1. The molecule has 1 N–H and O–H groups in total. The van der Waals surface area contributed by atoms with Crippen molar-refractivity contribution in [1.29, 1.82) is 0 Å². The molecule has 0 aromatic rings. The fourth-order valence-electron chi connectivity index (χ4n) is 1.99. The van der Waals surface area contributed by atoms with E-state index in [2.05, 4.69) is 5.32 Å². The molecule has 0 aromatic carbocycles. The zero-order chi connectivity index (χ0) is 11.4. The van der Waals surface area contributed by atoms with Crippen molar-refractivity contribution in [3.63, 3.8) is 0 Å². The topological polar surface area (TPSA) is 61.9 Å². The van der Waals surface area contributed by atoms with Gasteiger partial charge in [-0.3, -0.25) is 9.59 Å². The Morgan fingerprint density at radius 2 is 2.06 bits per heavy atom. The molecule has 0 spiro atoms. The van der Waals surface area contributed by atoms with E-state index in [4.69, 9.17) is 4.74 Å². The molecule has 0 saturated carbocycles. The number of hydrogen-bond donors (Lipinski definition) is 1. The van der Waals surface area contributed by atoms with E-state index in [1.165, 1.54) is 0 Å². The standard InChI is InChI=1S/C10H17N3O3/c14-8-12-2-4-13(5-3-12)10(15)9-7-16-6-1-11-9/h8-9,11H,1-7H2/t9-/m0/s1. The molecule has 0 aromatic heterocycles. The summed E-state index contributed by atoms with van der Waals surface area (Å²) in [6.07, 6.45) is 0.837. The fraction of sp³-hybridized carbons (Fsp3) is 0.800. The average Bonchev–Trinajstić information content (AvgIpc) is 2.39. The first kappa shape index (κ1) is 11.3. The largest absolute Gasteiger partial charge is 0.378 e. The summed E-state index contributed by atoms with van der Waals surface area (Å²) in [5.74, 6) is 0.0882. The van der Waals surface area contributed by atoms with Gasteiger partial charge in [-0.15, -0.1) is 0 Å². The number of morpholine rings is 1. The van der Waals surface area contributed by atoms with Gasteiger partial charge >= 0.3 is 0 Å². The third-order valence-electron chi connectivity index (χ3n) is 2.99. The molecule has 2 aliphatic heterocycles. The summed E-state index contributed by atoms with van der Waals surface area (Å²) in [5.41, 5.74) is 0. The smallest absolute Gasteiger partial charge is 0.242 e.